The summed E-state index contributed by atoms with van der Waals surface area (Å²) < 4.78 is 0. The van der Waals surface area contributed by atoms with Gasteiger partial charge in [0.25, 0.3) is 0 Å². The number of aromatic nitrogens is 2. The van der Waals surface area contributed by atoms with Crippen molar-refractivity contribution in [3.63, 3.8) is 0 Å². The van der Waals surface area contributed by atoms with Crippen LogP contribution in [0.5, 0.6) is 0 Å². The lowest BCUT2D eigenvalue weighted by molar-refractivity contribution is 0.616. The summed E-state index contributed by atoms with van der Waals surface area (Å²) in [6, 6.07) is 0.586. The SMILES string of the molecule is CCNc1nc(C2CC2)nc(NC2CCCCCC2)c1C. The van der Waals surface area contributed by atoms with Crippen molar-refractivity contribution in [3.8, 4) is 0 Å². The Morgan fingerprint density at radius 3 is 2.24 bits per heavy atom. The Kier molecular flexibility index (Phi) is 4.61. The van der Waals surface area contributed by atoms with Gasteiger partial charge in [0.1, 0.15) is 17.5 Å². The highest BCUT2D eigenvalue weighted by molar-refractivity contribution is 5.58. The molecule has 2 aliphatic carbocycles. The van der Waals surface area contributed by atoms with E-state index in [1.807, 2.05) is 0 Å². The first-order valence-corrected chi connectivity index (χ1v) is 8.67. The minimum Gasteiger partial charge on any atom is -0.370 e. The average Bonchev–Trinajstić information content (AvgIpc) is 3.30. The molecule has 116 valence electrons. The first-order valence-electron chi connectivity index (χ1n) is 8.67. The van der Waals surface area contributed by atoms with Crippen LogP contribution in [0.2, 0.25) is 0 Å². The summed E-state index contributed by atoms with van der Waals surface area (Å²) in [5.41, 5.74) is 1.17. The van der Waals surface area contributed by atoms with Gasteiger partial charge in [-0.25, -0.2) is 9.97 Å². The van der Waals surface area contributed by atoms with Gasteiger partial charge in [0.15, 0.2) is 0 Å². The molecule has 2 N–H and O–H groups in total. The fourth-order valence-corrected chi connectivity index (χ4v) is 3.16. The highest BCUT2D eigenvalue weighted by Gasteiger charge is 2.28. The molecule has 4 heteroatoms. The molecule has 1 heterocycles. The Hall–Kier alpha value is -1.32. The monoisotopic (exact) mass is 288 g/mol. The molecule has 0 amide bonds. The van der Waals surface area contributed by atoms with E-state index < -0.39 is 0 Å². The molecule has 1 aromatic rings. The van der Waals surface area contributed by atoms with Gasteiger partial charge in [0.2, 0.25) is 0 Å². The van der Waals surface area contributed by atoms with E-state index in [1.54, 1.807) is 0 Å². The largest absolute Gasteiger partial charge is 0.370 e. The molecule has 21 heavy (non-hydrogen) atoms. The van der Waals surface area contributed by atoms with Crippen molar-refractivity contribution in [2.75, 3.05) is 17.2 Å². The predicted molar refractivity (Wildman–Crippen MR) is 88.0 cm³/mol. The number of hydrogen-bond donors (Lipinski definition) is 2. The first-order chi connectivity index (χ1) is 10.3. The average molecular weight is 288 g/mol. The molecule has 2 aliphatic rings. The molecule has 0 atom stereocenters. The summed E-state index contributed by atoms with van der Waals surface area (Å²) in [6.45, 7) is 5.16. The Morgan fingerprint density at radius 1 is 0.952 bits per heavy atom. The maximum absolute atomic E-state index is 4.84. The van der Waals surface area contributed by atoms with Gasteiger partial charge in [-0.15, -0.1) is 0 Å². The van der Waals surface area contributed by atoms with Crippen LogP contribution in [0.25, 0.3) is 0 Å². The van der Waals surface area contributed by atoms with Crippen molar-refractivity contribution in [2.45, 2.75) is 77.2 Å². The molecule has 0 spiro atoms. The van der Waals surface area contributed by atoms with Crippen LogP contribution in [-0.4, -0.2) is 22.6 Å². The molecule has 1 aromatic heterocycles. The Morgan fingerprint density at radius 2 is 1.62 bits per heavy atom. The number of hydrogen-bond acceptors (Lipinski definition) is 4. The van der Waals surface area contributed by atoms with E-state index in [9.17, 15) is 0 Å². The number of nitrogens with one attached hydrogen (secondary N) is 2. The van der Waals surface area contributed by atoms with Crippen LogP contribution >= 0.6 is 0 Å². The van der Waals surface area contributed by atoms with Crippen LogP contribution in [0.15, 0.2) is 0 Å². The van der Waals surface area contributed by atoms with Crippen molar-refractivity contribution in [3.05, 3.63) is 11.4 Å². The maximum atomic E-state index is 4.84. The minimum absolute atomic E-state index is 0.586. The zero-order chi connectivity index (χ0) is 14.7. The fourth-order valence-electron chi connectivity index (χ4n) is 3.16. The van der Waals surface area contributed by atoms with Gasteiger partial charge in [-0.05, 0) is 39.5 Å². The Labute approximate surface area is 128 Å². The summed E-state index contributed by atoms with van der Waals surface area (Å²) >= 11 is 0. The smallest absolute Gasteiger partial charge is 0.136 e. The number of rotatable bonds is 5. The third-order valence-electron chi connectivity index (χ3n) is 4.65. The van der Waals surface area contributed by atoms with Crippen LogP contribution in [0.3, 0.4) is 0 Å². The molecule has 0 aliphatic heterocycles. The van der Waals surface area contributed by atoms with E-state index in [1.165, 1.54) is 56.9 Å². The van der Waals surface area contributed by atoms with Crippen LogP contribution in [-0.2, 0) is 0 Å². The molecule has 0 saturated heterocycles. The molecule has 2 fully saturated rings. The van der Waals surface area contributed by atoms with E-state index >= 15 is 0 Å². The fraction of sp³-hybridized carbons (Fsp3) is 0.765. The standard InChI is InChI=1S/C17H28N4/c1-3-18-15-12(2)16(21-17(20-15)13-10-11-13)19-14-8-6-4-5-7-9-14/h13-14H,3-11H2,1-2H3,(H2,18,19,20,21). The molecular weight excluding hydrogens is 260 g/mol. The van der Waals surface area contributed by atoms with Crippen LogP contribution in [0.4, 0.5) is 11.6 Å². The van der Waals surface area contributed by atoms with E-state index in [0.717, 1.165) is 24.0 Å². The highest BCUT2D eigenvalue weighted by Crippen LogP contribution is 2.39. The predicted octanol–water partition coefficient (Wildman–Crippen LogP) is 4.23. The topological polar surface area (TPSA) is 49.8 Å². The first kappa shape index (κ1) is 14.6. The highest BCUT2D eigenvalue weighted by atomic mass is 15.1. The Bertz CT molecular complexity index is 474. The van der Waals surface area contributed by atoms with Gasteiger partial charge >= 0.3 is 0 Å². The molecule has 0 unspecified atom stereocenters. The van der Waals surface area contributed by atoms with Gasteiger partial charge in [-0.1, -0.05) is 25.7 Å². The summed E-state index contributed by atoms with van der Waals surface area (Å²) in [5.74, 6) is 3.71. The van der Waals surface area contributed by atoms with E-state index in [0.29, 0.717) is 12.0 Å². The third kappa shape index (κ3) is 3.66. The minimum atomic E-state index is 0.586. The lowest BCUT2D eigenvalue weighted by atomic mass is 10.1. The zero-order valence-electron chi connectivity index (χ0n) is 13.4. The molecule has 0 radical (unpaired) electrons. The quantitative estimate of drug-likeness (QED) is 0.796. The van der Waals surface area contributed by atoms with Crippen molar-refractivity contribution < 1.29 is 0 Å². The molecule has 4 nitrogen and oxygen atoms in total. The Balaban J connectivity index is 1.81. The summed E-state index contributed by atoms with van der Waals surface area (Å²) in [6.07, 6.45) is 10.5. The molecule has 0 aromatic carbocycles. The summed E-state index contributed by atoms with van der Waals surface area (Å²) in [4.78, 5) is 9.57. The summed E-state index contributed by atoms with van der Waals surface area (Å²) in [5, 5.41) is 7.12. The molecule has 0 bridgehead atoms. The molecular formula is C17H28N4. The zero-order valence-corrected chi connectivity index (χ0v) is 13.4. The van der Waals surface area contributed by atoms with E-state index in [-0.39, 0.29) is 0 Å². The van der Waals surface area contributed by atoms with Crippen LogP contribution < -0.4 is 10.6 Å². The lowest BCUT2D eigenvalue weighted by Crippen LogP contribution is -2.21. The molecule has 3 rings (SSSR count). The summed E-state index contributed by atoms with van der Waals surface area (Å²) in [7, 11) is 0. The normalized spacial score (nSPS) is 20.1. The maximum Gasteiger partial charge on any atom is 0.136 e. The molecule has 2 saturated carbocycles. The second-order valence-corrected chi connectivity index (χ2v) is 6.54. The van der Waals surface area contributed by atoms with Gasteiger partial charge in [-0.3, -0.25) is 0 Å². The van der Waals surface area contributed by atoms with E-state index in [2.05, 4.69) is 24.5 Å². The van der Waals surface area contributed by atoms with Crippen molar-refractivity contribution in [2.24, 2.45) is 0 Å². The van der Waals surface area contributed by atoms with Gasteiger partial charge in [-0.2, -0.15) is 0 Å². The van der Waals surface area contributed by atoms with Crippen LogP contribution in [0.1, 0.15) is 75.6 Å². The number of nitrogens with zero attached hydrogens (tertiary/aromatic N) is 2. The van der Waals surface area contributed by atoms with Crippen molar-refractivity contribution in [1.29, 1.82) is 0 Å². The van der Waals surface area contributed by atoms with Crippen molar-refractivity contribution in [1.82, 2.24) is 9.97 Å². The second kappa shape index (κ2) is 6.63. The van der Waals surface area contributed by atoms with Crippen LogP contribution in [0, 0.1) is 6.92 Å². The van der Waals surface area contributed by atoms with Gasteiger partial charge < -0.3 is 10.6 Å². The van der Waals surface area contributed by atoms with Gasteiger partial charge in [0, 0.05) is 24.1 Å². The van der Waals surface area contributed by atoms with E-state index in [4.69, 9.17) is 9.97 Å². The van der Waals surface area contributed by atoms with Gasteiger partial charge in [0.05, 0.1) is 0 Å². The second-order valence-electron chi connectivity index (χ2n) is 6.54. The van der Waals surface area contributed by atoms with Crippen molar-refractivity contribution >= 4 is 11.6 Å². The number of anilines is 2. The third-order valence-corrected chi connectivity index (χ3v) is 4.65. The lowest BCUT2D eigenvalue weighted by Gasteiger charge is -2.20.